The minimum atomic E-state index is -1.44. The number of esters is 1. The Bertz CT molecular complexity index is 636. The van der Waals surface area contributed by atoms with Crippen LogP contribution in [-0.4, -0.2) is 70.1 Å². The molecule has 1 unspecified atom stereocenters. The van der Waals surface area contributed by atoms with Crippen molar-refractivity contribution < 1.29 is 39.4 Å². The van der Waals surface area contributed by atoms with Gasteiger partial charge in [0, 0.05) is 6.42 Å². The van der Waals surface area contributed by atoms with Gasteiger partial charge in [0.1, 0.15) is 49.0 Å². The SMILES string of the molecule is Cc1ccc([C@@H]2O[C@H](CO)[C@@H](O)[C@H](O)[C@H]2O)cc1OC1CCC(=O)OC1. The number of aryl methyl sites for hydroxylation is 1. The van der Waals surface area contributed by atoms with E-state index in [0.717, 1.165) is 5.56 Å². The molecule has 6 atom stereocenters. The molecule has 144 valence electrons. The topological polar surface area (TPSA) is 126 Å². The molecule has 1 aromatic rings. The van der Waals surface area contributed by atoms with E-state index in [9.17, 15) is 25.2 Å². The lowest BCUT2D eigenvalue weighted by Gasteiger charge is -2.40. The number of aliphatic hydroxyl groups excluding tert-OH is 4. The van der Waals surface area contributed by atoms with E-state index in [1.807, 2.05) is 6.92 Å². The maximum Gasteiger partial charge on any atom is 0.306 e. The van der Waals surface area contributed by atoms with Gasteiger partial charge in [0.25, 0.3) is 0 Å². The van der Waals surface area contributed by atoms with Crippen molar-refractivity contribution in [3.63, 3.8) is 0 Å². The molecule has 0 radical (unpaired) electrons. The summed E-state index contributed by atoms with van der Waals surface area (Å²) in [6.45, 7) is 1.56. The monoisotopic (exact) mass is 368 g/mol. The number of aliphatic hydroxyl groups is 4. The second-order valence-electron chi connectivity index (χ2n) is 6.74. The number of carbonyl (C=O) groups is 1. The number of benzene rings is 1. The van der Waals surface area contributed by atoms with Crippen molar-refractivity contribution in [2.75, 3.05) is 13.2 Å². The van der Waals surface area contributed by atoms with E-state index in [-0.39, 0.29) is 18.7 Å². The molecular formula is C18H24O8. The van der Waals surface area contributed by atoms with Crippen molar-refractivity contribution in [2.24, 2.45) is 0 Å². The van der Waals surface area contributed by atoms with Crippen LogP contribution in [0.2, 0.25) is 0 Å². The Hall–Kier alpha value is -1.71. The number of hydrogen-bond acceptors (Lipinski definition) is 8. The smallest absolute Gasteiger partial charge is 0.306 e. The van der Waals surface area contributed by atoms with Gasteiger partial charge in [-0.15, -0.1) is 0 Å². The van der Waals surface area contributed by atoms with Gasteiger partial charge in [-0.25, -0.2) is 0 Å². The van der Waals surface area contributed by atoms with Crippen molar-refractivity contribution in [3.8, 4) is 5.75 Å². The van der Waals surface area contributed by atoms with E-state index in [2.05, 4.69) is 0 Å². The Labute approximate surface area is 150 Å². The quantitative estimate of drug-likeness (QED) is 0.529. The second-order valence-corrected chi connectivity index (χ2v) is 6.74. The zero-order valence-electron chi connectivity index (χ0n) is 14.4. The predicted molar refractivity (Wildman–Crippen MR) is 88.5 cm³/mol. The van der Waals surface area contributed by atoms with E-state index >= 15 is 0 Å². The number of rotatable bonds is 4. The van der Waals surface area contributed by atoms with Crippen molar-refractivity contribution in [1.82, 2.24) is 0 Å². The molecule has 2 aliphatic heterocycles. The van der Waals surface area contributed by atoms with Crippen LogP contribution in [0.3, 0.4) is 0 Å². The molecule has 0 aliphatic carbocycles. The van der Waals surface area contributed by atoms with Gasteiger partial charge in [-0.05, 0) is 30.5 Å². The van der Waals surface area contributed by atoms with E-state index < -0.39 is 37.1 Å². The van der Waals surface area contributed by atoms with E-state index in [0.29, 0.717) is 24.2 Å². The van der Waals surface area contributed by atoms with Crippen LogP contribution < -0.4 is 4.74 Å². The van der Waals surface area contributed by atoms with Crippen LogP contribution in [0.1, 0.15) is 30.1 Å². The second kappa shape index (κ2) is 7.89. The Morgan fingerprint density at radius 2 is 1.96 bits per heavy atom. The fourth-order valence-electron chi connectivity index (χ4n) is 3.19. The van der Waals surface area contributed by atoms with Crippen molar-refractivity contribution in [3.05, 3.63) is 29.3 Å². The van der Waals surface area contributed by atoms with E-state index in [1.165, 1.54) is 0 Å². The first-order valence-corrected chi connectivity index (χ1v) is 8.64. The van der Waals surface area contributed by atoms with E-state index in [4.69, 9.17) is 14.2 Å². The zero-order chi connectivity index (χ0) is 18.8. The molecule has 4 N–H and O–H groups in total. The maximum absolute atomic E-state index is 11.2. The van der Waals surface area contributed by atoms with Crippen LogP contribution in [0.5, 0.6) is 5.75 Å². The Balaban J connectivity index is 1.79. The lowest BCUT2D eigenvalue weighted by Crippen LogP contribution is -2.55. The highest BCUT2D eigenvalue weighted by Crippen LogP contribution is 2.35. The molecule has 26 heavy (non-hydrogen) atoms. The average molecular weight is 368 g/mol. The summed E-state index contributed by atoms with van der Waals surface area (Å²) in [5.74, 6) is 0.319. The van der Waals surface area contributed by atoms with Crippen LogP contribution in [0.25, 0.3) is 0 Å². The Morgan fingerprint density at radius 1 is 1.19 bits per heavy atom. The zero-order valence-corrected chi connectivity index (χ0v) is 14.4. The predicted octanol–water partition coefficient (Wildman–Crippen LogP) is -0.406. The van der Waals surface area contributed by atoms with Gasteiger partial charge in [-0.3, -0.25) is 4.79 Å². The Kier molecular flexibility index (Phi) is 5.79. The van der Waals surface area contributed by atoms with Crippen molar-refractivity contribution in [2.45, 2.75) is 56.4 Å². The van der Waals surface area contributed by atoms with Gasteiger partial charge < -0.3 is 34.6 Å². The molecule has 2 saturated heterocycles. The third kappa shape index (κ3) is 3.84. The largest absolute Gasteiger partial charge is 0.487 e. The van der Waals surface area contributed by atoms with Crippen LogP contribution in [0.4, 0.5) is 0 Å². The van der Waals surface area contributed by atoms with Crippen molar-refractivity contribution >= 4 is 5.97 Å². The molecule has 8 heteroatoms. The highest BCUT2D eigenvalue weighted by molar-refractivity contribution is 5.70. The number of hydrogen-bond donors (Lipinski definition) is 4. The molecule has 8 nitrogen and oxygen atoms in total. The minimum absolute atomic E-state index is 0.183. The first-order valence-electron chi connectivity index (χ1n) is 8.64. The van der Waals surface area contributed by atoms with Crippen LogP contribution in [0.15, 0.2) is 18.2 Å². The standard InChI is InChI=1S/C18H24O8/c1-9-2-3-10(6-12(9)25-11-4-5-14(20)24-8-11)18-17(23)16(22)15(21)13(7-19)26-18/h2-3,6,11,13,15-19,21-23H,4-5,7-8H2,1H3/t11?,13-,15-,16+,17-,18+/m1/s1. The fraction of sp³-hybridized carbons (Fsp3) is 0.611. The lowest BCUT2D eigenvalue weighted by molar-refractivity contribution is -0.231. The molecule has 0 spiro atoms. The summed E-state index contributed by atoms with van der Waals surface area (Å²) in [7, 11) is 0. The normalized spacial score (nSPS) is 35.0. The highest BCUT2D eigenvalue weighted by atomic mass is 16.6. The van der Waals surface area contributed by atoms with Crippen LogP contribution in [0, 0.1) is 6.92 Å². The van der Waals surface area contributed by atoms with Gasteiger partial charge in [0.2, 0.25) is 0 Å². The van der Waals surface area contributed by atoms with Crippen molar-refractivity contribution in [1.29, 1.82) is 0 Å². The number of carbonyl (C=O) groups excluding carboxylic acids is 1. The molecule has 3 rings (SSSR count). The summed E-state index contributed by atoms with van der Waals surface area (Å²) in [5, 5.41) is 39.5. The molecule has 2 fully saturated rings. The molecule has 0 aromatic heterocycles. The summed E-state index contributed by atoms with van der Waals surface area (Å²) in [4.78, 5) is 11.2. The summed E-state index contributed by atoms with van der Waals surface area (Å²) >= 11 is 0. The summed E-state index contributed by atoms with van der Waals surface area (Å²) < 4.78 is 16.5. The van der Waals surface area contributed by atoms with Crippen LogP contribution >= 0.6 is 0 Å². The first kappa shape index (κ1) is 19.1. The number of ether oxygens (including phenoxy) is 3. The number of cyclic esters (lactones) is 1. The maximum atomic E-state index is 11.2. The average Bonchev–Trinajstić information content (AvgIpc) is 2.64. The van der Waals surface area contributed by atoms with Crippen LogP contribution in [-0.2, 0) is 14.3 Å². The summed E-state index contributed by atoms with van der Waals surface area (Å²) in [5.41, 5.74) is 1.41. The molecule has 2 aliphatic rings. The third-order valence-electron chi connectivity index (χ3n) is 4.83. The summed E-state index contributed by atoms with van der Waals surface area (Å²) in [6.07, 6.45) is -5.47. The fourth-order valence-corrected chi connectivity index (χ4v) is 3.19. The summed E-state index contributed by atoms with van der Waals surface area (Å²) in [6, 6.07) is 5.22. The first-order chi connectivity index (χ1) is 12.4. The van der Waals surface area contributed by atoms with Gasteiger partial charge in [-0.2, -0.15) is 0 Å². The van der Waals surface area contributed by atoms with Gasteiger partial charge in [0.05, 0.1) is 6.61 Å². The van der Waals surface area contributed by atoms with Gasteiger partial charge >= 0.3 is 5.97 Å². The lowest BCUT2D eigenvalue weighted by atomic mass is 9.91. The molecule has 1 aromatic carbocycles. The minimum Gasteiger partial charge on any atom is -0.487 e. The van der Waals surface area contributed by atoms with Gasteiger partial charge in [-0.1, -0.05) is 12.1 Å². The molecule has 2 heterocycles. The molecule has 0 saturated carbocycles. The molecular weight excluding hydrogens is 344 g/mol. The third-order valence-corrected chi connectivity index (χ3v) is 4.83. The van der Waals surface area contributed by atoms with Gasteiger partial charge in [0.15, 0.2) is 0 Å². The molecule has 0 amide bonds. The highest BCUT2D eigenvalue weighted by Gasteiger charge is 2.44. The molecule has 0 bridgehead atoms. The Morgan fingerprint density at radius 3 is 2.62 bits per heavy atom. The van der Waals surface area contributed by atoms with E-state index in [1.54, 1.807) is 18.2 Å².